The minimum Gasteiger partial charge on any atom is -0.496 e. The largest absolute Gasteiger partial charge is 0.496 e. The first-order chi connectivity index (χ1) is 14.0. The number of aliphatic hydroxyl groups is 1. The molecule has 0 bridgehead atoms. The first-order valence-electron chi connectivity index (χ1n) is 9.26. The molecule has 3 heterocycles. The third kappa shape index (κ3) is 3.47. The van der Waals surface area contributed by atoms with Crippen LogP contribution in [0.5, 0.6) is 11.5 Å². The molecule has 150 valence electrons. The summed E-state index contributed by atoms with van der Waals surface area (Å²) in [7, 11) is 3.14. The predicted octanol–water partition coefficient (Wildman–Crippen LogP) is 3.83. The maximum atomic E-state index is 13.2. The number of nitrogens with zero attached hydrogens (tertiary/aromatic N) is 2. The SMILES string of the molecule is COc1ccc(OC)c2c1CN(C(=O)c1ccc(-c3cccs3)nc1C)CC2O. The Balaban J connectivity index is 1.66. The fourth-order valence-electron chi connectivity index (χ4n) is 3.75. The molecule has 1 atom stereocenters. The molecule has 2 aromatic heterocycles. The summed E-state index contributed by atoms with van der Waals surface area (Å²) in [6.07, 6.45) is -0.855. The number of aliphatic hydroxyl groups excluding tert-OH is 1. The standard InChI is InChI=1S/C22H22N2O4S/c1-13-14(6-7-16(23-13)20-5-4-10-29-20)22(26)24-11-15-18(27-2)8-9-19(28-3)21(15)17(25)12-24/h4-10,17,25H,11-12H2,1-3H3. The van der Waals surface area contributed by atoms with E-state index in [-0.39, 0.29) is 12.5 Å². The monoisotopic (exact) mass is 410 g/mol. The van der Waals surface area contributed by atoms with Gasteiger partial charge in [-0.25, -0.2) is 0 Å². The lowest BCUT2D eigenvalue weighted by Crippen LogP contribution is -2.39. The van der Waals surface area contributed by atoms with E-state index in [4.69, 9.17) is 9.47 Å². The van der Waals surface area contributed by atoms with Crippen LogP contribution in [-0.4, -0.2) is 41.7 Å². The van der Waals surface area contributed by atoms with Gasteiger partial charge in [0.1, 0.15) is 17.6 Å². The molecule has 0 aliphatic carbocycles. The third-order valence-corrected chi connectivity index (χ3v) is 6.06. The summed E-state index contributed by atoms with van der Waals surface area (Å²) in [5.74, 6) is 1.06. The molecular formula is C22H22N2O4S. The van der Waals surface area contributed by atoms with Crippen LogP contribution in [0, 0.1) is 6.92 Å². The number of thiophene rings is 1. The summed E-state index contributed by atoms with van der Waals surface area (Å²) in [6, 6.07) is 11.2. The van der Waals surface area contributed by atoms with Gasteiger partial charge < -0.3 is 19.5 Å². The molecule has 1 N–H and O–H groups in total. The van der Waals surface area contributed by atoms with E-state index in [2.05, 4.69) is 4.98 Å². The van der Waals surface area contributed by atoms with Gasteiger partial charge in [0.2, 0.25) is 0 Å². The summed E-state index contributed by atoms with van der Waals surface area (Å²) in [4.78, 5) is 20.5. The molecule has 1 unspecified atom stereocenters. The predicted molar refractivity (Wildman–Crippen MR) is 112 cm³/mol. The number of fused-ring (bicyclic) bond motifs is 1. The van der Waals surface area contributed by atoms with Crippen molar-refractivity contribution >= 4 is 17.2 Å². The smallest absolute Gasteiger partial charge is 0.256 e. The van der Waals surface area contributed by atoms with E-state index in [0.717, 1.165) is 16.1 Å². The van der Waals surface area contributed by atoms with Crippen molar-refractivity contribution in [3.05, 3.63) is 64.2 Å². The second-order valence-electron chi connectivity index (χ2n) is 6.87. The zero-order chi connectivity index (χ0) is 20.5. The summed E-state index contributed by atoms with van der Waals surface area (Å²) in [5, 5.41) is 12.8. The number of pyridine rings is 1. The number of carbonyl (C=O) groups excluding carboxylic acids is 1. The third-order valence-electron chi connectivity index (χ3n) is 5.17. The van der Waals surface area contributed by atoms with Gasteiger partial charge in [0.25, 0.3) is 5.91 Å². The van der Waals surface area contributed by atoms with E-state index < -0.39 is 6.10 Å². The molecule has 0 fully saturated rings. The summed E-state index contributed by atoms with van der Waals surface area (Å²) >= 11 is 1.61. The van der Waals surface area contributed by atoms with Crippen LogP contribution in [0.15, 0.2) is 41.8 Å². The quantitative estimate of drug-likeness (QED) is 0.708. The van der Waals surface area contributed by atoms with Crippen LogP contribution in [0.3, 0.4) is 0 Å². The van der Waals surface area contributed by atoms with E-state index in [1.165, 1.54) is 0 Å². The normalized spacial score (nSPS) is 15.7. The Morgan fingerprint density at radius 2 is 1.93 bits per heavy atom. The number of hydrogen-bond acceptors (Lipinski definition) is 6. The minimum absolute atomic E-state index is 0.165. The van der Waals surface area contributed by atoms with Gasteiger partial charge in [-0.1, -0.05) is 6.07 Å². The molecule has 0 radical (unpaired) electrons. The maximum absolute atomic E-state index is 13.2. The average Bonchev–Trinajstić information content (AvgIpc) is 3.27. The van der Waals surface area contributed by atoms with Gasteiger partial charge in [0, 0.05) is 11.1 Å². The number of hydrogen-bond donors (Lipinski definition) is 1. The van der Waals surface area contributed by atoms with Gasteiger partial charge in [0.15, 0.2) is 0 Å². The zero-order valence-electron chi connectivity index (χ0n) is 16.5. The fourth-order valence-corrected chi connectivity index (χ4v) is 4.45. The van der Waals surface area contributed by atoms with E-state index in [0.29, 0.717) is 34.9 Å². The van der Waals surface area contributed by atoms with E-state index in [1.54, 1.807) is 42.6 Å². The number of β-amino-alcohol motifs (C(OH)–C–C–N with tert-alkyl or cyclic N) is 1. The first kappa shape index (κ1) is 19.4. The van der Waals surface area contributed by atoms with Crippen LogP contribution >= 0.6 is 11.3 Å². The Bertz CT molecular complexity index is 1050. The zero-order valence-corrected chi connectivity index (χ0v) is 17.3. The van der Waals surface area contributed by atoms with Crippen LogP contribution in [-0.2, 0) is 6.54 Å². The molecule has 3 aromatic rings. The van der Waals surface area contributed by atoms with Crippen molar-refractivity contribution in [2.45, 2.75) is 19.6 Å². The van der Waals surface area contributed by atoms with Crippen molar-refractivity contribution in [3.8, 4) is 22.1 Å². The second-order valence-corrected chi connectivity index (χ2v) is 7.82. The average molecular weight is 410 g/mol. The molecule has 4 rings (SSSR count). The van der Waals surface area contributed by atoms with Crippen LogP contribution in [0.1, 0.15) is 33.3 Å². The molecule has 7 heteroatoms. The molecule has 0 saturated heterocycles. The number of methoxy groups -OCH3 is 2. The highest BCUT2D eigenvalue weighted by Gasteiger charge is 2.32. The maximum Gasteiger partial charge on any atom is 0.256 e. The molecule has 1 amide bonds. The molecule has 1 aromatic carbocycles. The van der Waals surface area contributed by atoms with Crippen molar-refractivity contribution in [1.29, 1.82) is 0 Å². The van der Waals surface area contributed by atoms with E-state index >= 15 is 0 Å². The molecule has 0 spiro atoms. The lowest BCUT2D eigenvalue weighted by molar-refractivity contribution is 0.0537. The molecular weight excluding hydrogens is 388 g/mol. The molecule has 6 nitrogen and oxygen atoms in total. The van der Waals surface area contributed by atoms with Gasteiger partial charge in [-0.05, 0) is 42.6 Å². The van der Waals surface area contributed by atoms with Crippen LogP contribution in [0.2, 0.25) is 0 Å². The number of carbonyl (C=O) groups is 1. The highest BCUT2D eigenvalue weighted by atomic mass is 32.1. The van der Waals surface area contributed by atoms with Crippen molar-refractivity contribution < 1.29 is 19.4 Å². The number of benzene rings is 1. The van der Waals surface area contributed by atoms with Gasteiger partial charge >= 0.3 is 0 Å². The number of aryl methyl sites for hydroxylation is 1. The first-order valence-corrected chi connectivity index (χ1v) is 10.1. The Morgan fingerprint density at radius 3 is 2.59 bits per heavy atom. The van der Waals surface area contributed by atoms with Crippen LogP contribution in [0.4, 0.5) is 0 Å². The number of ether oxygens (including phenoxy) is 2. The minimum atomic E-state index is -0.855. The van der Waals surface area contributed by atoms with Gasteiger partial charge in [0.05, 0.1) is 49.1 Å². The molecule has 1 aliphatic rings. The van der Waals surface area contributed by atoms with E-state index in [9.17, 15) is 9.90 Å². The van der Waals surface area contributed by atoms with Crippen molar-refractivity contribution in [2.24, 2.45) is 0 Å². The highest BCUT2D eigenvalue weighted by Crippen LogP contribution is 2.39. The second kappa shape index (κ2) is 7.85. The van der Waals surface area contributed by atoms with Gasteiger partial charge in [-0.2, -0.15) is 0 Å². The lowest BCUT2D eigenvalue weighted by atomic mass is 9.94. The van der Waals surface area contributed by atoms with Crippen molar-refractivity contribution in [1.82, 2.24) is 9.88 Å². The lowest BCUT2D eigenvalue weighted by Gasteiger charge is -2.34. The highest BCUT2D eigenvalue weighted by molar-refractivity contribution is 7.13. The summed E-state index contributed by atoms with van der Waals surface area (Å²) < 4.78 is 10.9. The Hall–Kier alpha value is -2.90. The summed E-state index contributed by atoms with van der Waals surface area (Å²) in [6.45, 7) is 2.35. The Labute approximate surface area is 173 Å². The summed E-state index contributed by atoms with van der Waals surface area (Å²) in [5.41, 5.74) is 3.49. The topological polar surface area (TPSA) is 71.9 Å². The van der Waals surface area contributed by atoms with Gasteiger partial charge in [-0.3, -0.25) is 9.78 Å². The molecule has 29 heavy (non-hydrogen) atoms. The van der Waals surface area contributed by atoms with E-state index in [1.807, 2.05) is 36.6 Å². The Morgan fingerprint density at radius 1 is 1.17 bits per heavy atom. The Kier molecular flexibility index (Phi) is 5.25. The number of aromatic nitrogens is 1. The van der Waals surface area contributed by atoms with Crippen molar-refractivity contribution in [3.63, 3.8) is 0 Å². The molecule has 0 saturated carbocycles. The number of amides is 1. The fraction of sp³-hybridized carbons (Fsp3) is 0.273. The van der Waals surface area contributed by atoms with Crippen molar-refractivity contribution in [2.75, 3.05) is 20.8 Å². The molecule has 1 aliphatic heterocycles. The van der Waals surface area contributed by atoms with Crippen LogP contribution < -0.4 is 9.47 Å². The van der Waals surface area contributed by atoms with Crippen LogP contribution in [0.25, 0.3) is 10.6 Å². The van der Waals surface area contributed by atoms with Gasteiger partial charge in [-0.15, -0.1) is 11.3 Å². The number of rotatable bonds is 4.